The maximum Gasteiger partial charge on any atom is 0.219 e. The molecule has 0 radical (unpaired) electrons. The van der Waals surface area contributed by atoms with Gasteiger partial charge in [0.25, 0.3) is 0 Å². The van der Waals surface area contributed by atoms with Crippen LogP contribution < -0.4 is 10.5 Å². The molecule has 0 unspecified atom stereocenters. The van der Waals surface area contributed by atoms with E-state index in [-0.39, 0.29) is 0 Å². The van der Waals surface area contributed by atoms with Crippen LogP contribution in [0.2, 0.25) is 0 Å². The molecule has 0 aromatic carbocycles. The van der Waals surface area contributed by atoms with Gasteiger partial charge in [-0.3, -0.25) is 4.68 Å². The minimum atomic E-state index is 0.333. The second-order valence-electron chi connectivity index (χ2n) is 5.32. The average Bonchev–Trinajstić information content (AvgIpc) is 2.65. The van der Waals surface area contributed by atoms with Crippen LogP contribution in [0.1, 0.15) is 42.4 Å². The molecule has 0 saturated heterocycles. The number of hydrogen-bond acceptors (Lipinski definition) is 4. The molecular weight excluding hydrogens is 252 g/mol. The molecule has 20 heavy (non-hydrogen) atoms. The van der Waals surface area contributed by atoms with Crippen LogP contribution >= 0.6 is 0 Å². The summed E-state index contributed by atoms with van der Waals surface area (Å²) < 4.78 is 7.75. The Hall–Kier alpha value is -1.88. The fourth-order valence-corrected chi connectivity index (χ4v) is 2.05. The Morgan fingerprint density at radius 2 is 2.00 bits per heavy atom. The minimum absolute atomic E-state index is 0.333. The topological polar surface area (TPSA) is 66.0 Å². The molecule has 0 aliphatic carbocycles. The second kappa shape index (κ2) is 5.63. The molecule has 0 spiro atoms. The Balaban J connectivity index is 2.40. The van der Waals surface area contributed by atoms with Crippen molar-refractivity contribution < 1.29 is 4.74 Å². The van der Waals surface area contributed by atoms with Gasteiger partial charge in [-0.1, -0.05) is 13.8 Å². The van der Waals surface area contributed by atoms with Crippen molar-refractivity contribution in [3.8, 4) is 11.6 Å². The summed E-state index contributed by atoms with van der Waals surface area (Å²) in [6, 6.07) is 3.91. The highest BCUT2D eigenvalue weighted by Gasteiger charge is 2.14. The van der Waals surface area contributed by atoms with Crippen molar-refractivity contribution in [2.24, 2.45) is 12.8 Å². The fraction of sp³-hybridized carbons (Fsp3) is 0.467. The molecule has 2 aromatic heterocycles. The fourth-order valence-electron chi connectivity index (χ4n) is 2.05. The van der Waals surface area contributed by atoms with E-state index in [4.69, 9.17) is 10.5 Å². The van der Waals surface area contributed by atoms with Gasteiger partial charge in [-0.05, 0) is 31.4 Å². The molecule has 2 aromatic rings. The zero-order valence-corrected chi connectivity index (χ0v) is 12.8. The van der Waals surface area contributed by atoms with E-state index >= 15 is 0 Å². The molecule has 2 rings (SSSR count). The van der Waals surface area contributed by atoms with Gasteiger partial charge in [-0.2, -0.15) is 5.10 Å². The van der Waals surface area contributed by atoms with Crippen molar-refractivity contribution in [3.63, 3.8) is 0 Å². The molecule has 2 N–H and O–H groups in total. The van der Waals surface area contributed by atoms with Crippen molar-refractivity contribution in [1.82, 2.24) is 14.8 Å². The van der Waals surface area contributed by atoms with Gasteiger partial charge in [0.05, 0.1) is 5.69 Å². The van der Waals surface area contributed by atoms with Crippen LogP contribution in [0.25, 0.3) is 0 Å². The Labute approximate surface area is 119 Å². The van der Waals surface area contributed by atoms with Crippen molar-refractivity contribution in [3.05, 3.63) is 34.8 Å². The first kappa shape index (κ1) is 14.5. The lowest BCUT2D eigenvalue weighted by molar-refractivity contribution is 0.451. The lowest BCUT2D eigenvalue weighted by atomic mass is 10.1. The number of aromatic nitrogens is 3. The summed E-state index contributed by atoms with van der Waals surface area (Å²) in [6.07, 6.45) is 0. The smallest absolute Gasteiger partial charge is 0.219 e. The average molecular weight is 274 g/mol. The van der Waals surface area contributed by atoms with Crippen LogP contribution in [-0.4, -0.2) is 14.8 Å². The van der Waals surface area contributed by atoms with Crippen molar-refractivity contribution >= 4 is 0 Å². The first-order chi connectivity index (χ1) is 9.42. The maximum atomic E-state index is 5.94. The highest BCUT2D eigenvalue weighted by molar-refractivity contribution is 5.37. The molecule has 0 atom stereocenters. The molecule has 5 nitrogen and oxygen atoms in total. The van der Waals surface area contributed by atoms with Crippen LogP contribution in [-0.2, 0) is 13.6 Å². The predicted octanol–water partition coefficient (Wildman–Crippen LogP) is 2.81. The van der Waals surface area contributed by atoms with Gasteiger partial charge in [-0.25, -0.2) is 4.98 Å². The van der Waals surface area contributed by atoms with Crippen LogP contribution in [0.5, 0.6) is 11.6 Å². The number of ether oxygens (including phenoxy) is 1. The first-order valence-electron chi connectivity index (χ1n) is 6.81. The van der Waals surface area contributed by atoms with Crippen LogP contribution in [0.15, 0.2) is 12.1 Å². The third-order valence-electron chi connectivity index (χ3n) is 3.36. The molecule has 0 aliphatic heterocycles. The molecule has 108 valence electrons. The standard InChI is InChI=1S/C15H22N4O/c1-9(2)13-6-12(8-16)7-14(17-13)20-15-10(3)18-19(5)11(15)4/h6-7,9H,8,16H2,1-5H3. The summed E-state index contributed by atoms with van der Waals surface area (Å²) >= 11 is 0. The third-order valence-corrected chi connectivity index (χ3v) is 3.36. The van der Waals surface area contributed by atoms with Crippen LogP contribution in [0.3, 0.4) is 0 Å². The van der Waals surface area contributed by atoms with E-state index in [1.54, 1.807) is 4.68 Å². The molecule has 5 heteroatoms. The van der Waals surface area contributed by atoms with E-state index in [1.807, 2.05) is 33.0 Å². The predicted molar refractivity (Wildman–Crippen MR) is 79.0 cm³/mol. The second-order valence-corrected chi connectivity index (χ2v) is 5.32. The molecule has 0 fully saturated rings. The molecular formula is C15H22N4O. The summed E-state index contributed by atoms with van der Waals surface area (Å²) in [7, 11) is 1.90. The van der Waals surface area contributed by atoms with Crippen LogP contribution in [0, 0.1) is 13.8 Å². The molecule has 2 heterocycles. The summed E-state index contributed by atoms with van der Waals surface area (Å²) in [5.74, 6) is 1.68. The zero-order chi connectivity index (χ0) is 14.9. The summed E-state index contributed by atoms with van der Waals surface area (Å²) in [5, 5.41) is 4.35. The normalized spacial score (nSPS) is 11.2. The van der Waals surface area contributed by atoms with E-state index in [1.165, 1.54) is 0 Å². The SMILES string of the molecule is Cc1nn(C)c(C)c1Oc1cc(CN)cc(C(C)C)n1. The number of aryl methyl sites for hydroxylation is 2. The zero-order valence-electron chi connectivity index (χ0n) is 12.8. The van der Waals surface area contributed by atoms with E-state index < -0.39 is 0 Å². The minimum Gasteiger partial charge on any atom is -0.435 e. The Morgan fingerprint density at radius 3 is 2.50 bits per heavy atom. The van der Waals surface area contributed by atoms with Crippen molar-refractivity contribution in [2.75, 3.05) is 0 Å². The van der Waals surface area contributed by atoms with Crippen molar-refractivity contribution in [1.29, 1.82) is 0 Å². The summed E-state index contributed by atoms with van der Waals surface area (Å²) in [6.45, 7) is 8.59. The van der Waals surface area contributed by atoms with E-state index in [0.717, 1.165) is 28.4 Å². The lowest BCUT2D eigenvalue weighted by Crippen LogP contribution is -2.03. The van der Waals surface area contributed by atoms with E-state index in [0.29, 0.717) is 18.3 Å². The van der Waals surface area contributed by atoms with E-state index in [2.05, 4.69) is 23.9 Å². The molecule has 0 saturated carbocycles. The largest absolute Gasteiger partial charge is 0.435 e. The highest BCUT2D eigenvalue weighted by Crippen LogP contribution is 2.28. The van der Waals surface area contributed by atoms with Gasteiger partial charge in [0.1, 0.15) is 5.69 Å². The monoisotopic (exact) mass is 274 g/mol. The number of rotatable bonds is 4. The maximum absolute atomic E-state index is 5.94. The van der Waals surface area contributed by atoms with E-state index in [9.17, 15) is 0 Å². The molecule has 0 bridgehead atoms. The van der Waals surface area contributed by atoms with Gasteiger partial charge in [0.2, 0.25) is 5.88 Å². The summed E-state index contributed by atoms with van der Waals surface area (Å²) in [5.41, 5.74) is 9.60. The van der Waals surface area contributed by atoms with Gasteiger partial charge < -0.3 is 10.5 Å². The van der Waals surface area contributed by atoms with Gasteiger partial charge in [-0.15, -0.1) is 0 Å². The number of pyridine rings is 1. The number of nitrogens with two attached hydrogens (primary N) is 1. The Kier molecular flexibility index (Phi) is 4.09. The van der Waals surface area contributed by atoms with Crippen molar-refractivity contribution in [2.45, 2.75) is 40.2 Å². The first-order valence-corrected chi connectivity index (χ1v) is 6.81. The Bertz CT molecular complexity index is 617. The van der Waals surface area contributed by atoms with Gasteiger partial charge >= 0.3 is 0 Å². The molecule has 0 amide bonds. The quantitative estimate of drug-likeness (QED) is 0.931. The third kappa shape index (κ3) is 2.82. The Morgan fingerprint density at radius 1 is 1.30 bits per heavy atom. The van der Waals surface area contributed by atoms with Gasteiger partial charge in [0.15, 0.2) is 5.75 Å². The lowest BCUT2D eigenvalue weighted by Gasteiger charge is -2.11. The van der Waals surface area contributed by atoms with Crippen LogP contribution in [0.4, 0.5) is 0 Å². The number of nitrogens with zero attached hydrogens (tertiary/aromatic N) is 3. The summed E-state index contributed by atoms with van der Waals surface area (Å²) in [4.78, 5) is 4.55. The highest BCUT2D eigenvalue weighted by atomic mass is 16.5. The molecule has 0 aliphatic rings. The van der Waals surface area contributed by atoms with Gasteiger partial charge in [0, 0.05) is 25.4 Å². The number of hydrogen-bond donors (Lipinski definition) is 1.